The minimum Gasteiger partial charge on any atom is -0.392 e. The molecule has 0 aliphatic rings. The first-order valence-corrected chi connectivity index (χ1v) is 3.56. The molecule has 3 N–H and O–H groups in total. The normalized spacial score (nSPS) is 12.2. The Kier molecular flexibility index (Phi) is 4.72. The SMILES string of the molecule is COCC(=O)NC(C)C(N)=S. The molecule has 0 rings (SSSR count). The molecule has 0 spiro atoms. The van der Waals surface area contributed by atoms with E-state index in [2.05, 4.69) is 22.3 Å². The minimum absolute atomic E-state index is 0.0347. The monoisotopic (exact) mass is 176 g/mol. The topological polar surface area (TPSA) is 64.3 Å². The summed E-state index contributed by atoms with van der Waals surface area (Å²) in [5.74, 6) is -0.215. The number of methoxy groups -OCH3 is 1. The van der Waals surface area contributed by atoms with Crippen LogP contribution in [-0.2, 0) is 9.53 Å². The van der Waals surface area contributed by atoms with E-state index >= 15 is 0 Å². The number of nitrogens with one attached hydrogen (secondary N) is 1. The number of amides is 1. The lowest BCUT2D eigenvalue weighted by Gasteiger charge is -2.10. The highest BCUT2D eigenvalue weighted by Gasteiger charge is 2.07. The average Bonchev–Trinajstić information content (AvgIpc) is 1.87. The fourth-order valence-corrected chi connectivity index (χ4v) is 0.544. The lowest BCUT2D eigenvalue weighted by molar-refractivity contribution is -0.124. The summed E-state index contributed by atoms with van der Waals surface area (Å²) in [6.07, 6.45) is 0. The molecule has 0 bridgehead atoms. The first-order valence-electron chi connectivity index (χ1n) is 3.15. The van der Waals surface area contributed by atoms with Gasteiger partial charge in [0.2, 0.25) is 5.91 Å². The molecule has 0 fully saturated rings. The van der Waals surface area contributed by atoms with Crippen molar-refractivity contribution in [2.24, 2.45) is 5.73 Å². The highest BCUT2D eigenvalue weighted by Crippen LogP contribution is 1.81. The molecule has 4 nitrogen and oxygen atoms in total. The number of ether oxygens (including phenoxy) is 1. The molecule has 5 heteroatoms. The predicted molar refractivity (Wildman–Crippen MR) is 46.3 cm³/mol. The molecule has 1 unspecified atom stereocenters. The molecular formula is C6H12N2O2S. The van der Waals surface area contributed by atoms with Gasteiger partial charge in [0.05, 0.1) is 11.0 Å². The third-order valence-electron chi connectivity index (χ3n) is 1.08. The summed E-state index contributed by atoms with van der Waals surface area (Å²) in [4.78, 5) is 11.1. The number of rotatable bonds is 4. The lowest BCUT2D eigenvalue weighted by Crippen LogP contribution is -2.42. The van der Waals surface area contributed by atoms with E-state index in [1.807, 2.05) is 0 Å². The molecule has 0 saturated carbocycles. The summed E-state index contributed by atoms with van der Waals surface area (Å²) in [6, 6.07) is -0.271. The molecule has 0 saturated heterocycles. The summed E-state index contributed by atoms with van der Waals surface area (Å²) >= 11 is 4.64. The zero-order chi connectivity index (χ0) is 8.85. The number of hydrogen-bond acceptors (Lipinski definition) is 3. The van der Waals surface area contributed by atoms with E-state index in [-0.39, 0.29) is 23.5 Å². The Balaban J connectivity index is 3.66. The fraction of sp³-hybridized carbons (Fsp3) is 0.667. The summed E-state index contributed by atoms with van der Waals surface area (Å²) in [6.45, 7) is 1.75. The number of thiocarbonyl (C=S) groups is 1. The van der Waals surface area contributed by atoms with Gasteiger partial charge in [-0.25, -0.2) is 0 Å². The summed E-state index contributed by atoms with van der Waals surface area (Å²) in [5.41, 5.74) is 5.26. The molecule has 0 aliphatic heterocycles. The third-order valence-corrected chi connectivity index (χ3v) is 1.43. The largest absolute Gasteiger partial charge is 0.392 e. The number of nitrogens with two attached hydrogens (primary N) is 1. The van der Waals surface area contributed by atoms with Crippen LogP contribution in [0.15, 0.2) is 0 Å². The van der Waals surface area contributed by atoms with Crippen LogP contribution in [0, 0.1) is 0 Å². The van der Waals surface area contributed by atoms with E-state index < -0.39 is 0 Å². The molecule has 11 heavy (non-hydrogen) atoms. The predicted octanol–water partition coefficient (Wildman–Crippen LogP) is -0.576. The van der Waals surface area contributed by atoms with Gasteiger partial charge in [0.15, 0.2) is 0 Å². The van der Waals surface area contributed by atoms with E-state index in [0.717, 1.165) is 0 Å². The Labute approximate surface area is 71.1 Å². The van der Waals surface area contributed by atoms with Crippen LogP contribution < -0.4 is 11.1 Å². The maximum Gasteiger partial charge on any atom is 0.246 e. The lowest BCUT2D eigenvalue weighted by atomic mass is 10.3. The van der Waals surface area contributed by atoms with Gasteiger partial charge in [-0.2, -0.15) is 0 Å². The van der Waals surface area contributed by atoms with Gasteiger partial charge >= 0.3 is 0 Å². The first kappa shape index (κ1) is 10.3. The van der Waals surface area contributed by atoms with Crippen LogP contribution in [0.25, 0.3) is 0 Å². The van der Waals surface area contributed by atoms with Crippen LogP contribution in [0.1, 0.15) is 6.92 Å². The zero-order valence-electron chi connectivity index (χ0n) is 6.59. The van der Waals surface area contributed by atoms with Crippen LogP contribution in [0.2, 0.25) is 0 Å². The second-order valence-electron chi connectivity index (χ2n) is 2.12. The summed E-state index contributed by atoms with van der Waals surface area (Å²) in [5, 5.41) is 2.55. The highest BCUT2D eigenvalue weighted by molar-refractivity contribution is 7.80. The van der Waals surface area contributed by atoms with Crippen molar-refractivity contribution in [3.63, 3.8) is 0 Å². The minimum atomic E-state index is -0.271. The molecule has 0 radical (unpaired) electrons. The first-order chi connectivity index (χ1) is 5.07. The number of hydrogen-bond donors (Lipinski definition) is 2. The van der Waals surface area contributed by atoms with Crippen molar-refractivity contribution < 1.29 is 9.53 Å². The maximum absolute atomic E-state index is 10.8. The van der Waals surface area contributed by atoms with Crippen molar-refractivity contribution >= 4 is 23.1 Å². The molecule has 0 aliphatic carbocycles. The second kappa shape index (κ2) is 5.03. The zero-order valence-corrected chi connectivity index (χ0v) is 7.40. The van der Waals surface area contributed by atoms with Crippen molar-refractivity contribution in [3.05, 3.63) is 0 Å². The van der Waals surface area contributed by atoms with Crippen LogP contribution in [-0.4, -0.2) is 30.7 Å². The summed E-state index contributed by atoms with van der Waals surface area (Å²) < 4.78 is 4.59. The molecule has 0 heterocycles. The quantitative estimate of drug-likeness (QED) is 0.563. The van der Waals surface area contributed by atoms with Crippen molar-refractivity contribution in [1.29, 1.82) is 0 Å². The standard InChI is InChI=1S/C6H12N2O2S/c1-4(6(7)11)8-5(9)3-10-2/h4H,3H2,1-2H3,(H2,7,11)(H,8,9). The van der Waals surface area contributed by atoms with Crippen LogP contribution >= 0.6 is 12.2 Å². The Morgan fingerprint density at radius 2 is 2.36 bits per heavy atom. The second-order valence-corrected chi connectivity index (χ2v) is 2.60. The van der Waals surface area contributed by atoms with E-state index in [9.17, 15) is 4.79 Å². The van der Waals surface area contributed by atoms with Crippen molar-refractivity contribution in [1.82, 2.24) is 5.32 Å². The molecular weight excluding hydrogens is 164 g/mol. The van der Waals surface area contributed by atoms with Gasteiger partial charge in [0, 0.05) is 7.11 Å². The van der Waals surface area contributed by atoms with E-state index in [1.165, 1.54) is 7.11 Å². The van der Waals surface area contributed by atoms with Gasteiger partial charge in [-0.05, 0) is 6.92 Å². The Bertz CT molecular complexity index is 161. The Morgan fingerprint density at radius 1 is 1.82 bits per heavy atom. The van der Waals surface area contributed by atoms with Gasteiger partial charge in [0.1, 0.15) is 6.61 Å². The molecule has 0 aromatic carbocycles. The van der Waals surface area contributed by atoms with Crippen molar-refractivity contribution in [2.45, 2.75) is 13.0 Å². The highest BCUT2D eigenvalue weighted by atomic mass is 32.1. The molecule has 0 aromatic rings. The molecule has 0 aromatic heterocycles. The van der Waals surface area contributed by atoms with Gasteiger partial charge in [-0.15, -0.1) is 0 Å². The third kappa shape index (κ3) is 4.69. The van der Waals surface area contributed by atoms with Crippen molar-refractivity contribution in [3.8, 4) is 0 Å². The Hall–Kier alpha value is -0.680. The average molecular weight is 176 g/mol. The van der Waals surface area contributed by atoms with Gasteiger partial charge in [0.25, 0.3) is 0 Å². The van der Waals surface area contributed by atoms with Gasteiger partial charge < -0.3 is 15.8 Å². The summed E-state index contributed by atoms with van der Waals surface area (Å²) in [7, 11) is 1.45. The van der Waals surface area contributed by atoms with E-state index in [0.29, 0.717) is 0 Å². The van der Waals surface area contributed by atoms with Gasteiger partial charge in [-0.3, -0.25) is 4.79 Å². The smallest absolute Gasteiger partial charge is 0.246 e. The van der Waals surface area contributed by atoms with Crippen molar-refractivity contribution in [2.75, 3.05) is 13.7 Å². The Morgan fingerprint density at radius 3 is 2.73 bits per heavy atom. The van der Waals surface area contributed by atoms with E-state index in [1.54, 1.807) is 6.92 Å². The number of carbonyl (C=O) groups is 1. The fourth-order valence-electron chi connectivity index (χ4n) is 0.485. The van der Waals surface area contributed by atoms with Crippen LogP contribution in [0.3, 0.4) is 0 Å². The van der Waals surface area contributed by atoms with E-state index in [4.69, 9.17) is 5.73 Å². The van der Waals surface area contributed by atoms with Crippen LogP contribution in [0.4, 0.5) is 0 Å². The van der Waals surface area contributed by atoms with Crippen LogP contribution in [0.5, 0.6) is 0 Å². The molecule has 1 amide bonds. The van der Waals surface area contributed by atoms with Gasteiger partial charge in [-0.1, -0.05) is 12.2 Å². The molecule has 1 atom stereocenters. The number of carbonyl (C=O) groups excluding carboxylic acids is 1. The maximum atomic E-state index is 10.8. The molecule has 64 valence electrons.